The Morgan fingerprint density at radius 3 is 2.64 bits per heavy atom. The molecule has 2 aromatic rings. The van der Waals surface area contributed by atoms with E-state index >= 15 is 0 Å². The highest BCUT2D eigenvalue weighted by molar-refractivity contribution is 5.80. The molecule has 2 aliphatic carbocycles. The summed E-state index contributed by atoms with van der Waals surface area (Å²) in [4.78, 5) is 12.7. The van der Waals surface area contributed by atoms with E-state index in [0.29, 0.717) is 18.5 Å². The summed E-state index contributed by atoms with van der Waals surface area (Å²) in [7, 11) is 0. The lowest BCUT2D eigenvalue weighted by molar-refractivity contribution is -0.168. The molecule has 33 heavy (non-hydrogen) atoms. The van der Waals surface area contributed by atoms with Crippen LogP contribution in [0.5, 0.6) is 0 Å². The van der Waals surface area contributed by atoms with Gasteiger partial charge in [0, 0.05) is 12.0 Å². The van der Waals surface area contributed by atoms with Crippen LogP contribution >= 0.6 is 0 Å². The van der Waals surface area contributed by atoms with E-state index in [2.05, 4.69) is 29.4 Å². The van der Waals surface area contributed by atoms with Gasteiger partial charge in [0.25, 0.3) is 0 Å². The zero-order valence-corrected chi connectivity index (χ0v) is 18.9. The molecule has 0 radical (unpaired) electrons. The Morgan fingerprint density at radius 2 is 2.00 bits per heavy atom. The molecule has 1 heterocycles. The van der Waals surface area contributed by atoms with Gasteiger partial charge >= 0.3 is 0 Å². The summed E-state index contributed by atoms with van der Waals surface area (Å²) in [6.45, 7) is 5.40. The van der Waals surface area contributed by atoms with Gasteiger partial charge in [0.1, 0.15) is 23.3 Å². The second-order valence-corrected chi connectivity index (χ2v) is 9.37. The summed E-state index contributed by atoms with van der Waals surface area (Å²) < 4.78 is 35.2. The van der Waals surface area contributed by atoms with Crippen LogP contribution in [-0.4, -0.2) is 51.7 Å². The van der Waals surface area contributed by atoms with Crippen LogP contribution in [0.2, 0.25) is 0 Å². The summed E-state index contributed by atoms with van der Waals surface area (Å²) in [5.41, 5.74) is 0.0623. The van der Waals surface area contributed by atoms with Gasteiger partial charge in [0.2, 0.25) is 5.91 Å². The molecule has 1 fully saturated rings. The Labute approximate surface area is 191 Å². The molecule has 0 spiro atoms. The van der Waals surface area contributed by atoms with Crippen molar-refractivity contribution in [2.45, 2.75) is 63.8 Å². The molecule has 4 atom stereocenters. The molecule has 1 aromatic carbocycles. The highest BCUT2D eigenvalue weighted by Gasteiger charge is 2.65. The maximum absolute atomic E-state index is 14.4. The molecule has 1 saturated carbocycles. The van der Waals surface area contributed by atoms with Crippen LogP contribution in [0.4, 0.5) is 8.78 Å². The minimum atomic E-state index is -1.05. The van der Waals surface area contributed by atoms with Gasteiger partial charge in [-0.05, 0) is 48.9 Å². The molecule has 4 rings (SSSR count). The maximum atomic E-state index is 14.4. The van der Waals surface area contributed by atoms with Crippen LogP contribution in [0.1, 0.15) is 57.2 Å². The minimum Gasteiger partial charge on any atom is -0.394 e. The standard InChI is InChI=1S/C24H29F2N3O4/c1-4-19(22(32)27-11-13(31)12-30)33-24-9-8-15(23(24,2)3)14-10-18(28-29-21(14)24)20-16(25)6-5-7-17(20)26/h5-7,10,13,15,19,30-31H,4,8-9,11-12H2,1-3H3,(H,27,32)/t13-,15+,19-,24+/m1/s1. The number of aromatic nitrogens is 2. The lowest BCUT2D eigenvalue weighted by Gasteiger charge is -2.40. The van der Waals surface area contributed by atoms with Crippen molar-refractivity contribution in [3.8, 4) is 11.3 Å². The highest BCUT2D eigenvalue weighted by Crippen LogP contribution is 2.68. The Hall–Kier alpha value is -2.49. The second kappa shape index (κ2) is 8.70. The first-order valence-corrected chi connectivity index (χ1v) is 11.2. The van der Waals surface area contributed by atoms with Crippen LogP contribution in [0.15, 0.2) is 24.3 Å². The van der Waals surface area contributed by atoms with Crippen LogP contribution < -0.4 is 5.32 Å². The molecule has 0 saturated heterocycles. The van der Waals surface area contributed by atoms with E-state index in [-0.39, 0.29) is 29.6 Å². The third kappa shape index (κ3) is 3.72. The minimum absolute atomic E-state index is 0.0355. The van der Waals surface area contributed by atoms with E-state index in [9.17, 15) is 18.7 Å². The molecule has 2 bridgehead atoms. The number of benzene rings is 1. The first kappa shape index (κ1) is 23.7. The van der Waals surface area contributed by atoms with Gasteiger partial charge in [-0.15, -0.1) is 5.10 Å². The number of hydrogen-bond acceptors (Lipinski definition) is 6. The fourth-order valence-corrected chi connectivity index (χ4v) is 5.36. The highest BCUT2D eigenvalue weighted by atomic mass is 19.1. The average molecular weight is 462 g/mol. The average Bonchev–Trinajstić information content (AvgIpc) is 3.15. The number of halogens is 2. The normalized spacial score (nSPS) is 24.4. The van der Waals surface area contributed by atoms with Gasteiger partial charge in [-0.1, -0.05) is 26.8 Å². The van der Waals surface area contributed by atoms with Crippen molar-refractivity contribution in [1.29, 1.82) is 0 Å². The summed E-state index contributed by atoms with van der Waals surface area (Å²) in [5, 5.41) is 29.7. The summed E-state index contributed by atoms with van der Waals surface area (Å²) >= 11 is 0. The van der Waals surface area contributed by atoms with Crippen molar-refractivity contribution >= 4 is 5.91 Å². The topological polar surface area (TPSA) is 105 Å². The molecular formula is C24H29F2N3O4. The van der Waals surface area contributed by atoms with Crippen LogP contribution in [0.25, 0.3) is 11.3 Å². The maximum Gasteiger partial charge on any atom is 0.249 e. The van der Waals surface area contributed by atoms with Crippen LogP contribution in [-0.2, 0) is 15.1 Å². The SMILES string of the molecule is CC[C@@H](O[C@@]12CC[C@@H](c3cc(-c4c(F)cccc4F)nnc31)C2(C)C)C(=O)NC[C@@H](O)CO. The first-order chi connectivity index (χ1) is 15.7. The molecule has 1 aromatic heterocycles. The van der Waals surface area contributed by atoms with Gasteiger partial charge in [-0.3, -0.25) is 4.79 Å². The number of rotatable bonds is 8. The van der Waals surface area contributed by atoms with E-state index in [1.807, 2.05) is 6.92 Å². The Morgan fingerprint density at radius 1 is 1.30 bits per heavy atom. The van der Waals surface area contributed by atoms with Crippen molar-refractivity contribution in [3.63, 3.8) is 0 Å². The predicted molar refractivity (Wildman–Crippen MR) is 116 cm³/mol. The first-order valence-electron chi connectivity index (χ1n) is 11.2. The van der Waals surface area contributed by atoms with Gasteiger partial charge < -0.3 is 20.3 Å². The molecule has 3 N–H and O–H groups in total. The van der Waals surface area contributed by atoms with Crippen molar-refractivity contribution in [1.82, 2.24) is 15.5 Å². The molecular weight excluding hydrogens is 432 g/mol. The van der Waals surface area contributed by atoms with Gasteiger partial charge in [0.05, 0.1) is 29.7 Å². The van der Waals surface area contributed by atoms with Gasteiger partial charge in [0.15, 0.2) is 0 Å². The third-order valence-corrected chi connectivity index (χ3v) is 7.23. The van der Waals surface area contributed by atoms with E-state index in [1.165, 1.54) is 18.2 Å². The van der Waals surface area contributed by atoms with E-state index in [4.69, 9.17) is 9.84 Å². The molecule has 178 valence electrons. The summed E-state index contributed by atoms with van der Waals surface area (Å²) in [6.07, 6.45) is -0.0302. The van der Waals surface area contributed by atoms with Crippen LogP contribution in [0, 0.1) is 17.0 Å². The number of amides is 1. The lowest BCUT2D eigenvalue weighted by atomic mass is 9.77. The number of carbonyl (C=O) groups excluding carboxylic acids is 1. The number of nitrogens with one attached hydrogen (secondary N) is 1. The van der Waals surface area contributed by atoms with E-state index < -0.39 is 41.5 Å². The molecule has 9 heteroatoms. The monoisotopic (exact) mass is 461 g/mol. The number of hydrogen-bond donors (Lipinski definition) is 3. The summed E-state index contributed by atoms with van der Waals surface area (Å²) in [6, 6.07) is 5.37. The third-order valence-electron chi connectivity index (χ3n) is 7.23. The fourth-order valence-electron chi connectivity index (χ4n) is 5.36. The second-order valence-electron chi connectivity index (χ2n) is 9.37. The summed E-state index contributed by atoms with van der Waals surface area (Å²) in [5.74, 6) is -1.76. The van der Waals surface area contributed by atoms with Crippen LogP contribution in [0.3, 0.4) is 0 Å². The number of aliphatic hydroxyl groups is 2. The Balaban J connectivity index is 1.68. The van der Waals surface area contributed by atoms with Crippen molar-refractivity contribution in [2.24, 2.45) is 5.41 Å². The number of ether oxygens (including phenoxy) is 1. The van der Waals surface area contributed by atoms with Crippen molar-refractivity contribution in [2.75, 3.05) is 13.2 Å². The fraction of sp³-hybridized carbons (Fsp3) is 0.542. The number of fused-ring (bicyclic) bond motifs is 5. The quantitative estimate of drug-likeness (QED) is 0.559. The molecule has 2 aliphatic rings. The largest absolute Gasteiger partial charge is 0.394 e. The van der Waals surface area contributed by atoms with Gasteiger partial charge in [-0.25, -0.2) is 8.78 Å². The van der Waals surface area contributed by atoms with E-state index in [1.54, 1.807) is 6.07 Å². The molecule has 0 aliphatic heterocycles. The molecule has 0 unspecified atom stereocenters. The smallest absolute Gasteiger partial charge is 0.249 e. The van der Waals surface area contributed by atoms with E-state index in [0.717, 1.165) is 12.0 Å². The zero-order chi connectivity index (χ0) is 24.0. The Kier molecular flexibility index (Phi) is 6.24. The number of nitrogens with zero attached hydrogens (tertiary/aromatic N) is 2. The van der Waals surface area contributed by atoms with Crippen molar-refractivity contribution < 1.29 is 28.5 Å². The predicted octanol–water partition coefficient (Wildman–Crippen LogP) is 2.80. The number of aliphatic hydroxyl groups excluding tert-OH is 2. The zero-order valence-electron chi connectivity index (χ0n) is 18.9. The van der Waals surface area contributed by atoms with Gasteiger partial charge in [-0.2, -0.15) is 5.10 Å². The molecule has 7 nitrogen and oxygen atoms in total. The molecule has 1 amide bonds. The van der Waals surface area contributed by atoms with Crippen molar-refractivity contribution in [3.05, 3.63) is 47.2 Å². The number of carbonyl (C=O) groups is 1. The lowest BCUT2D eigenvalue weighted by Crippen LogP contribution is -2.47. The Bertz CT molecular complexity index is 1040.